The first-order valence-electron chi connectivity index (χ1n) is 6.43. The van der Waals surface area contributed by atoms with Crippen molar-refractivity contribution in [1.29, 1.82) is 0 Å². The van der Waals surface area contributed by atoms with E-state index in [-0.39, 0.29) is 5.56 Å². The molecule has 0 aromatic heterocycles. The van der Waals surface area contributed by atoms with Crippen LogP contribution in [0.2, 0.25) is 0 Å². The van der Waals surface area contributed by atoms with Crippen molar-refractivity contribution in [2.24, 2.45) is 11.6 Å². The van der Waals surface area contributed by atoms with Gasteiger partial charge >= 0.3 is 5.97 Å². The van der Waals surface area contributed by atoms with Crippen molar-refractivity contribution in [1.82, 2.24) is 5.01 Å². The topological polar surface area (TPSA) is 92.6 Å². The third-order valence-electron chi connectivity index (χ3n) is 2.98. The number of hydrazine groups is 1. The molecule has 0 unspecified atom stereocenters. The Morgan fingerprint density at radius 2 is 1.62 bits per heavy atom. The highest BCUT2D eigenvalue weighted by Gasteiger charge is 2.11. The Morgan fingerprint density at radius 3 is 2.24 bits per heavy atom. The van der Waals surface area contributed by atoms with Crippen LogP contribution in [0.3, 0.4) is 0 Å². The number of carboxylic acid groups (broad SMARTS) is 1. The zero-order valence-corrected chi connectivity index (χ0v) is 11.4. The van der Waals surface area contributed by atoms with Gasteiger partial charge < -0.3 is 15.8 Å². The lowest BCUT2D eigenvalue weighted by Crippen LogP contribution is -2.25. The monoisotopic (exact) mass is 283 g/mol. The van der Waals surface area contributed by atoms with Crippen LogP contribution in [0.1, 0.15) is 21.5 Å². The second-order valence-electron chi connectivity index (χ2n) is 4.59. The molecule has 5 heteroatoms. The van der Waals surface area contributed by atoms with Gasteiger partial charge in [0.25, 0.3) is 0 Å². The Hall–Kier alpha value is -2.79. The van der Waals surface area contributed by atoms with Crippen molar-refractivity contribution in [2.75, 3.05) is 0 Å². The highest BCUT2D eigenvalue weighted by Crippen LogP contribution is 2.16. The van der Waals surface area contributed by atoms with Crippen LogP contribution in [0.5, 0.6) is 0 Å². The third kappa shape index (κ3) is 3.84. The number of nitrogens with zero attached hydrogens (tertiary/aromatic N) is 1. The third-order valence-corrected chi connectivity index (χ3v) is 2.98. The van der Waals surface area contributed by atoms with Crippen LogP contribution in [0.25, 0.3) is 5.70 Å². The number of hydrogen-bond donors (Lipinski definition) is 3. The average Bonchev–Trinajstić information content (AvgIpc) is 2.48. The fraction of sp³-hybridized carbons (Fsp3) is 0.0625. The van der Waals surface area contributed by atoms with Gasteiger partial charge in [-0.25, -0.2) is 10.6 Å². The van der Waals surface area contributed by atoms with Crippen LogP contribution in [-0.4, -0.2) is 16.1 Å². The van der Waals surface area contributed by atoms with E-state index in [1.807, 2.05) is 30.3 Å². The van der Waals surface area contributed by atoms with E-state index in [1.54, 1.807) is 18.2 Å². The molecule has 5 N–H and O–H groups in total. The number of benzene rings is 2. The number of carboxylic acids is 1. The molecule has 2 aromatic rings. The van der Waals surface area contributed by atoms with Gasteiger partial charge in [0.2, 0.25) is 0 Å². The van der Waals surface area contributed by atoms with Gasteiger partial charge in [-0.15, -0.1) is 0 Å². The lowest BCUT2D eigenvalue weighted by molar-refractivity contribution is 0.0696. The van der Waals surface area contributed by atoms with Crippen molar-refractivity contribution in [3.63, 3.8) is 0 Å². The summed E-state index contributed by atoms with van der Waals surface area (Å²) in [5.74, 6) is 4.88. The summed E-state index contributed by atoms with van der Waals surface area (Å²) in [5.41, 5.74) is 7.92. The Morgan fingerprint density at radius 1 is 1.05 bits per heavy atom. The average molecular weight is 283 g/mol. The summed E-state index contributed by atoms with van der Waals surface area (Å²) < 4.78 is 0. The molecule has 5 nitrogen and oxygen atoms in total. The molecule has 21 heavy (non-hydrogen) atoms. The Bertz CT molecular complexity index is 654. The highest BCUT2D eigenvalue weighted by atomic mass is 16.4. The summed E-state index contributed by atoms with van der Waals surface area (Å²) in [7, 11) is 0. The molecule has 0 aliphatic carbocycles. The SMILES string of the molecule is N/C(=C\N(N)Cc1ccccc1)c1ccccc1C(=O)O. The van der Waals surface area contributed by atoms with Crippen LogP contribution in [0.4, 0.5) is 0 Å². The summed E-state index contributed by atoms with van der Waals surface area (Å²) in [6.45, 7) is 0.483. The van der Waals surface area contributed by atoms with E-state index in [4.69, 9.17) is 16.7 Å². The molecule has 0 spiro atoms. The molecule has 108 valence electrons. The fourth-order valence-electron chi connectivity index (χ4n) is 2.01. The fourth-order valence-corrected chi connectivity index (χ4v) is 2.01. The summed E-state index contributed by atoms with van der Waals surface area (Å²) >= 11 is 0. The maximum Gasteiger partial charge on any atom is 0.336 e. The number of hydrogen-bond acceptors (Lipinski definition) is 4. The van der Waals surface area contributed by atoms with E-state index in [9.17, 15) is 4.79 Å². The molecule has 0 bridgehead atoms. The first-order chi connectivity index (χ1) is 10.1. The van der Waals surface area contributed by atoms with Crippen molar-refractivity contribution in [2.45, 2.75) is 6.54 Å². The zero-order chi connectivity index (χ0) is 15.2. The zero-order valence-electron chi connectivity index (χ0n) is 11.4. The summed E-state index contributed by atoms with van der Waals surface area (Å²) in [6, 6.07) is 16.3. The van der Waals surface area contributed by atoms with Crippen molar-refractivity contribution in [3.8, 4) is 0 Å². The molecule has 0 saturated carbocycles. The molecule has 0 radical (unpaired) electrons. The van der Waals surface area contributed by atoms with Crippen molar-refractivity contribution in [3.05, 3.63) is 77.5 Å². The molecular weight excluding hydrogens is 266 g/mol. The van der Waals surface area contributed by atoms with Crippen LogP contribution in [0, 0.1) is 0 Å². The Balaban J connectivity index is 2.19. The van der Waals surface area contributed by atoms with Gasteiger partial charge in [-0.3, -0.25) is 0 Å². The number of carbonyl (C=O) groups is 1. The predicted molar refractivity (Wildman–Crippen MR) is 81.7 cm³/mol. The van der Waals surface area contributed by atoms with Gasteiger partial charge in [0.15, 0.2) is 0 Å². The molecule has 0 heterocycles. The highest BCUT2D eigenvalue weighted by molar-refractivity contribution is 5.93. The standard InChI is InChI=1S/C16H17N3O2/c17-15(13-8-4-5-9-14(13)16(20)21)11-19(18)10-12-6-2-1-3-7-12/h1-9,11H,10,17-18H2,(H,20,21)/b15-11-. The molecular formula is C16H17N3O2. The summed E-state index contributed by atoms with van der Waals surface area (Å²) in [4.78, 5) is 11.2. The molecule has 2 rings (SSSR count). The lowest BCUT2D eigenvalue weighted by Gasteiger charge is -2.16. The van der Waals surface area contributed by atoms with Crippen LogP contribution in [-0.2, 0) is 6.54 Å². The minimum absolute atomic E-state index is 0.152. The number of aromatic carboxylic acids is 1. The maximum absolute atomic E-state index is 11.2. The quantitative estimate of drug-likeness (QED) is 0.576. The number of rotatable bonds is 5. The molecule has 0 atom stereocenters. The van der Waals surface area contributed by atoms with E-state index in [0.717, 1.165) is 5.56 Å². The van der Waals surface area contributed by atoms with Crippen molar-refractivity contribution >= 4 is 11.7 Å². The molecule has 0 saturated heterocycles. The van der Waals surface area contributed by atoms with Gasteiger partial charge in [0, 0.05) is 11.8 Å². The predicted octanol–water partition coefficient (Wildman–Crippen LogP) is 2.02. The molecule has 0 aliphatic heterocycles. The van der Waals surface area contributed by atoms with Crippen molar-refractivity contribution < 1.29 is 9.90 Å². The van der Waals surface area contributed by atoms with E-state index >= 15 is 0 Å². The molecule has 0 amide bonds. The molecule has 0 aliphatic rings. The van der Waals surface area contributed by atoms with E-state index < -0.39 is 5.97 Å². The van der Waals surface area contributed by atoms with Gasteiger partial charge in [0.1, 0.15) is 0 Å². The first-order valence-corrected chi connectivity index (χ1v) is 6.43. The van der Waals surface area contributed by atoms with Gasteiger partial charge in [-0.2, -0.15) is 0 Å². The first kappa shape index (κ1) is 14.6. The summed E-state index contributed by atoms with van der Waals surface area (Å²) in [6.07, 6.45) is 1.54. The minimum atomic E-state index is -1.02. The largest absolute Gasteiger partial charge is 0.478 e. The maximum atomic E-state index is 11.2. The summed E-state index contributed by atoms with van der Waals surface area (Å²) in [5, 5.41) is 10.6. The Labute approximate surface area is 123 Å². The van der Waals surface area contributed by atoms with Gasteiger partial charge in [-0.1, -0.05) is 48.5 Å². The van der Waals surface area contributed by atoms with E-state index in [0.29, 0.717) is 17.8 Å². The van der Waals surface area contributed by atoms with Gasteiger partial charge in [0.05, 0.1) is 17.8 Å². The molecule has 0 fully saturated rings. The second kappa shape index (κ2) is 6.58. The van der Waals surface area contributed by atoms with Crippen LogP contribution >= 0.6 is 0 Å². The number of nitrogens with two attached hydrogens (primary N) is 2. The normalized spacial score (nSPS) is 11.2. The van der Waals surface area contributed by atoms with E-state index in [1.165, 1.54) is 17.3 Å². The lowest BCUT2D eigenvalue weighted by atomic mass is 10.1. The van der Waals surface area contributed by atoms with E-state index in [2.05, 4.69) is 0 Å². The van der Waals surface area contributed by atoms with Crippen LogP contribution in [0.15, 0.2) is 60.8 Å². The smallest absolute Gasteiger partial charge is 0.336 e. The minimum Gasteiger partial charge on any atom is -0.478 e. The molecule has 2 aromatic carbocycles. The Kier molecular flexibility index (Phi) is 4.58. The second-order valence-corrected chi connectivity index (χ2v) is 4.59. The van der Waals surface area contributed by atoms with Crippen LogP contribution < -0.4 is 11.6 Å². The van der Waals surface area contributed by atoms with Gasteiger partial charge in [-0.05, 0) is 11.6 Å².